The lowest BCUT2D eigenvalue weighted by atomic mass is 10.1. The summed E-state index contributed by atoms with van der Waals surface area (Å²) in [5.41, 5.74) is -0.477. The number of carbonyl (C=O) groups excluding carboxylic acids is 2. The van der Waals surface area contributed by atoms with Crippen LogP contribution in [-0.4, -0.2) is 28.3 Å². The van der Waals surface area contributed by atoms with Gasteiger partial charge in [0.2, 0.25) is 0 Å². The fourth-order valence-corrected chi connectivity index (χ4v) is 4.27. The van der Waals surface area contributed by atoms with E-state index in [0.717, 1.165) is 45.8 Å². The number of esters is 1. The van der Waals surface area contributed by atoms with E-state index in [2.05, 4.69) is 10.4 Å². The van der Waals surface area contributed by atoms with Crippen LogP contribution in [0.5, 0.6) is 0 Å². The van der Waals surface area contributed by atoms with E-state index in [1.54, 1.807) is 31.2 Å². The van der Waals surface area contributed by atoms with Crippen LogP contribution in [0.1, 0.15) is 38.9 Å². The Hall–Kier alpha value is -3.99. The van der Waals surface area contributed by atoms with Crippen molar-refractivity contribution in [3.05, 3.63) is 86.6 Å². The highest BCUT2D eigenvalue weighted by atomic mass is 32.1. The summed E-state index contributed by atoms with van der Waals surface area (Å²) in [4.78, 5) is 38.7. The number of alkyl halides is 3. The Morgan fingerprint density at radius 1 is 1.09 bits per heavy atom. The Morgan fingerprint density at radius 2 is 1.74 bits per heavy atom. The zero-order valence-electron chi connectivity index (χ0n) is 18.5. The van der Waals surface area contributed by atoms with E-state index in [0.29, 0.717) is 5.56 Å². The van der Waals surface area contributed by atoms with Crippen molar-refractivity contribution in [2.24, 2.45) is 0 Å². The Balaban J connectivity index is 1.85. The van der Waals surface area contributed by atoms with Crippen molar-refractivity contribution in [1.82, 2.24) is 9.78 Å². The van der Waals surface area contributed by atoms with Crippen LogP contribution in [0.3, 0.4) is 0 Å². The van der Waals surface area contributed by atoms with E-state index in [4.69, 9.17) is 4.74 Å². The van der Waals surface area contributed by atoms with Crippen molar-refractivity contribution in [1.29, 1.82) is 0 Å². The summed E-state index contributed by atoms with van der Waals surface area (Å²) < 4.78 is 44.8. The number of hydrogen-bond donors (Lipinski definition) is 1. The molecule has 1 N–H and O–H groups in total. The van der Waals surface area contributed by atoms with E-state index in [1.165, 1.54) is 5.38 Å². The van der Waals surface area contributed by atoms with E-state index in [9.17, 15) is 27.6 Å². The number of nitrogens with zero attached hydrogens (tertiary/aromatic N) is 2. The van der Waals surface area contributed by atoms with Crippen molar-refractivity contribution in [2.45, 2.75) is 20.0 Å². The molecule has 0 spiro atoms. The molecule has 1 amide bonds. The standard InChI is InChI=1S/C24H18F3N3O4S/c1-3-34-23(33)19-17-12-35-21(28-20(31)14-6-4-13(2)5-7-14)18(17)22(32)30(29-19)16-10-8-15(9-11-16)24(25,26)27/h4-12H,3H2,1-2H3,(H,28,31). The number of fused-ring (bicyclic) bond motifs is 1. The average molecular weight is 501 g/mol. The molecule has 11 heteroatoms. The molecule has 2 aromatic heterocycles. The Morgan fingerprint density at radius 3 is 2.34 bits per heavy atom. The van der Waals surface area contributed by atoms with Gasteiger partial charge in [-0.2, -0.15) is 23.0 Å². The van der Waals surface area contributed by atoms with Crippen molar-refractivity contribution < 1.29 is 27.5 Å². The van der Waals surface area contributed by atoms with Crippen molar-refractivity contribution in [3.63, 3.8) is 0 Å². The first-order chi connectivity index (χ1) is 16.6. The lowest BCUT2D eigenvalue weighted by molar-refractivity contribution is -0.137. The van der Waals surface area contributed by atoms with Crippen LogP contribution in [-0.2, 0) is 10.9 Å². The van der Waals surface area contributed by atoms with Gasteiger partial charge in [-0.1, -0.05) is 17.7 Å². The zero-order valence-corrected chi connectivity index (χ0v) is 19.3. The van der Waals surface area contributed by atoms with Crippen molar-refractivity contribution in [3.8, 4) is 5.69 Å². The van der Waals surface area contributed by atoms with Crippen LogP contribution >= 0.6 is 11.3 Å². The first kappa shape index (κ1) is 24.1. The maximum absolute atomic E-state index is 13.4. The molecule has 0 bridgehead atoms. The highest BCUT2D eigenvalue weighted by Crippen LogP contribution is 2.32. The largest absolute Gasteiger partial charge is 0.461 e. The summed E-state index contributed by atoms with van der Waals surface area (Å²) in [7, 11) is 0. The first-order valence-electron chi connectivity index (χ1n) is 10.4. The number of amides is 1. The molecule has 0 atom stereocenters. The molecule has 0 fully saturated rings. The van der Waals surface area contributed by atoms with Gasteiger partial charge in [-0.05, 0) is 50.2 Å². The van der Waals surface area contributed by atoms with Crippen molar-refractivity contribution >= 4 is 39.0 Å². The van der Waals surface area contributed by atoms with Gasteiger partial charge in [-0.15, -0.1) is 11.3 Å². The number of thiophene rings is 1. The lowest BCUT2D eigenvalue weighted by Gasteiger charge is -2.11. The molecule has 0 radical (unpaired) electrons. The number of carbonyl (C=O) groups is 2. The molecule has 4 rings (SSSR count). The summed E-state index contributed by atoms with van der Waals surface area (Å²) in [6.07, 6.45) is -4.56. The quantitative estimate of drug-likeness (QED) is 0.380. The number of hydrogen-bond acceptors (Lipinski definition) is 6. The predicted octanol–water partition coefficient (Wildman–Crippen LogP) is 5.20. The van der Waals surface area contributed by atoms with Gasteiger partial charge in [-0.3, -0.25) is 9.59 Å². The second-order valence-corrected chi connectivity index (χ2v) is 8.38. The number of aryl methyl sites for hydroxylation is 1. The number of anilines is 1. The van der Waals surface area contributed by atoms with Crippen LogP contribution in [0.15, 0.2) is 58.7 Å². The molecule has 0 saturated carbocycles. The van der Waals surface area contributed by atoms with Gasteiger partial charge in [0.25, 0.3) is 11.5 Å². The Kier molecular flexibility index (Phi) is 6.44. The summed E-state index contributed by atoms with van der Waals surface area (Å²) in [5.74, 6) is -1.28. The average Bonchev–Trinajstić information content (AvgIpc) is 3.23. The molecule has 0 aliphatic rings. The van der Waals surface area contributed by atoms with E-state index in [1.807, 2.05) is 6.92 Å². The lowest BCUT2D eigenvalue weighted by Crippen LogP contribution is -2.25. The number of nitrogens with one attached hydrogen (secondary N) is 1. The van der Waals surface area contributed by atoms with Crippen LogP contribution in [0, 0.1) is 6.92 Å². The van der Waals surface area contributed by atoms with Gasteiger partial charge >= 0.3 is 12.1 Å². The molecule has 0 saturated heterocycles. The number of benzene rings is 2. The van der Waals surface area contributed by atoms with E-state index in [-0.39, 0.29) is 33.8 Å². The second kappa shape index (κ2) is 9.34. The minimum absolute atomic E-state index is 0.00610. The van der Waals surface area contributed by atoms with Crippen LogP contribution < -0.4 is 10.9 Å². The topological polar surface area (TPSA) is 90.3 Å². The highest BCUT2D eigenvalue weighted by Gasteiger charge is 2.30. The monoisotopic (exact) mass is 501 g/mol. The molecule has 4 aromatic rings. The SMILES string of the molecule is CCOC(=O)c1nn(-c2ccc(C(F)(F)F)cc2)c(=O)c2c(NC(=O)c3ccc(C)cc3)scc12. The third kappa shape index (κ3) is 4.80. The van der Waals surface area contributed by atoms with Gasteiger partial charge in [0.15, 0.2) is 5.69 Å². The summed E-state index contributed by atoms with van der Waals surface area (Å²) >= 11 is 1.02. The number of ether oxygens (including phenoxy) is 1. The Bertz CT molecular complexity index is 1470. The molecule has 2 aromatic carbocycles. The normalized spacial score (nSPS) is 11.5. The highest BCUT2D eigenvalue weighted by molar-refractivity contribution is 7.16. The van der Waals surface area contributed by atoms with Gasteiger partial charge in [0.1, 0.15) is 5.00 Å². The van der Waals surface area contributed by atoms with Crippen LogP contribution in [0.25, 0.3) is 16.5 Å². The minimum Gasteiger partial charge on any atom is -0.461 e. The first-order valence-corrected chi connectivity index (χ1v) is 11.3. The molecule has 2 heterocycles. The van der Waals surface area contributed by atoms with E-state index < -0.39 is 29.2 Å². The molecule has 0 aliphatic carbocycles. The van der Waals surface area contributed by atoms with Crippen molar-refractivity contribution in [2.75, 3.05) is 11.9 Å². The van der Waals surface area contributed by atoms with Gasteiger partial charge in [0.05, 0.1) is 23.2 Å². The summed E-state index contributed by atoms with van der Waals surface area (Å²) in [5, 5.41) is 8.60. The third-order valence-corrected chi connectivity index (χ3v) is 6.00. The summed E-state index contributed by atoms with van der Waals surface area (Å²) in [6, 6.07) is 10.6. The molecule has 0 aliphatic heterocycles. The molecular formula is C24H18F3N3O4S. The predicted molar refractivity (Wildman–Crippen MR) is 125 cm³/mol. The molecule has 0 unspecified atom stereocenters. The smallest absolute Gasteiger partial charge is 0.416 e. The van der Waals surface area contributed by atoms with Crippen LogP contribution in [0.4, 0.5) is 18.2 Å². The number of rotatable bonds is 5. The number of aromatic nitrogens is 2. The van der Waals surface area contributed by atoms with E-state index >= 15 is 0 Å². The molecule has 7 nitrogen and oxygen atoms in total. The van der Waals surface area contributed by atoms with Gasteiger partial charge in [0, 0.05) is 16.3 Å². The molecule has 35 heavy (non-hydrogen) atoms. The zero-order chi connectivity index (χ0) is 25.3. The third-order valence-electron chi connectivity index (χ3n) is 5.10. The minimum atomic E-state index is -4.56. The molecule has 180 valence electrons. The van der Waals surface area contributed by atoms with Crippen LogP contribution in [0.2, 0.25) is 0 Å². The Labute approximate surface area is 200 Å². The fraction of sp³-hybridized carbons (Fsp3) is 0.167. The van der Waals surface area contributed by atoms with Gasteiger partial charge < -0.3 is 10.1 Å². The number of halogens is 3. The second-order valence-electron chi connectivity index (χ2n) is 7.50. The maximum atomic E-state index is 13.4. The fourth-order valence-electron chi connectivity index (χ4n) is 3.34. The molecular weight excluding hydrogens is 483 g/mol. The maximum Gasteiger partial charge on any atom is 0.416 e. The summed E-state index contributed by atoms with van der Waals surface area (Å²) in [6.45, 7) is 3.52. The van der Waals surface area contributed by atoms with Gasteiger partial charge in [-0.25, -0.2) is 4.79 Å².